The Labute approximate surface area is 110 Å². The first-order valence-corrected chi connectivity index (χ1v) is 6.25. The van der Waals surface area contributed by atoms with E-state index >= 15 is 0 Å². The number of aliphatic hydroxyl groups excluding tert-OH is 1. The Balaban J connectivity index is 2.64. The first-order valence-electron chi connectivity index (χ1n) is 6.25. The number of nitrogens with zero attached hydrogens (tertiary/aromatic N) is 2. The number of hydrogen-bond donors (Lipinski definition) is 1. The maximum absolute atomic E-state index is 10.2. The van der Waals surface area contributed by atoms with E-state index in [1.54, 1.807) is 0 Å². The van der Waals surface area contributed by atoms with Crippen molar-refractivity contribution in [3.63, 3.8) is 0 Å². The van der Waals surface area contributed by atoms with Crippen LogP contribution in [0.15, 0.2) is 30.3 Å². The van der Waals surface area contributed by atoms with Gasteiger partial charge in [-0.05, 0) is 11.0 Å². The van der Waals surface area contributed by atoms with Crippen LogP contribution in [0.1, 0.15) is 32.4 Å². The van der Waals surface area contributed by atoms with Gasteiger partial charge in [0.2, 0.25) is 0 Å². The molecule has 1 unspecified atom stereocenters. The molecule has 3 nitrogen and oxygen atoms in total. The van der Waals surface area contributed by atoms with Gasteiger partial charge in [0.15, 0.2) is 0 Å². The molecule has 1 rings (SSSR count). The summed E-state index contributed by atoms with van der Waals surface area (Å²) >= 11 is 0. The van der Waals surface area contributed by atoms with Crippen molar-refractivity contribution in [1.82, 2.24) is 4.90 Å². The summed E-state index contributed by atoms with van der Waals surface area (Å²) in [6.07, 6.45) is -0.540. The van der Waals surface area contributed by atoms with Crippen molar-refractivity contribution in [3.05, 3.63) is 35.9 Å². The van der Waals surface area contributed by atoms with E-state index in [4.69, 9.17) is 5.26 Å². The smallest absolute Gasteiger partial charge is 0.0917 e. The van der Waals surface area contributed by atoms with E-state index < -0.39 is 6.10 Å². The molecule has 0 fully saturated rings. The van der Waals surface area contributed by atoms with Crippen molar-refractivity contribution in [2.24, 2.45) is 5.41 Å². The van der Waals surface area contributed by atoms with Crippen molar-refractivity contribution in [3.8, 4) is 6.07 Å². The van der Waals surface area contributed by atoms with E-state index in [2.05, 4.69) is 26.8 Å². The molecule has 0 aliphatic carbocycles. The molecule has 1 aromatic carbocycles. The van der Waals surface area contributed by atoms with Gasteiger partial charge < -0.3 is 5.11 Å². The Morgan fingerprint density at radius 3 is 2.39 bits per heavy atom. The Bertz CT molecular complexity index is 389. The van der Waals surface area contributed by atoms with E-state index in [1.807, 2.05) is 35.2 Å². The zero-order chi connectivity index (χ0) is 13.6. The number of nitriles is 1. The minimum atomic E-state index is -0.540. The van der Waals surface area contributed by atoms with Crippen LogP contribution in [0.5, 0.6) is 0 Å². The molecule has 0 aliphatic rings. The first kappa shape index (κ1) is 14.7. The summed E-state index contributed by atoms with van der Waals surface area (Å²) in [6, 6.07) is 11.7. The predicted octanol–water partition coefficient (Wildman–Crippen LogP) is 2.59. The second-order valence-electron chi connectivity index (χ2n) is 5.81. The fourth-order valence-corrected chi connectivity index (χ4v) is 1.98. The van der Waals surface area contributed by atoms with Crippen molar-refractivity contribution in [2.45, 2.75) is 26.9 Å². The summed E-state index contributed by atoms with van der Waals surface area (Å²) in [5.41, 5.74) is 1.02. The van der Waals surface area contributed by atoms with Gasteiger partial charge in [0.1, 0.15) is 0 Å². The van der Waals surface area contributed by atoms with Gasteiger partial charge in [-0.2, -0.15) is 5.26 Å². The zero-order valence-corrected chi connectivity index (χ0v) is 11.4. The van der Waals surface area contributed by atoms with Crippen LogP contribution < -0.4 is 0 Å². The summed E-state index contributed by atoms with van der Waals surface area (Å²) < 4.78 is 0. The second-order valence-corrected chi connectivity index (χ2v) is 5.81. The highest BCUT2D eigenvalue weighted by Gasteiger charge is 2.19. The van der Waals surface area contributed by atoms with Gasteiger partial charge in [-0.3, -0.25) is 4.90 Å². The van der Waals surface area contributed by atoms with E-state index in [1.165, 1.54) is 0 Å². The lowest BCUT2D eigenvalue weighted by atomic mass is 9.95. The third-order valence-electron chi connectivity index (χ3n) is 2.61. The van der Waals surface area contributed by atoms with Crippen LogP contribution in [0.25, 0.3) is 0 Å². The average molecular weight is 246 g/mol. The van der Waals surface area contributed by atoms with Crippen LogP contribution in [0.4, 0.5) is 0 Å². The summed E-state index contributed by atoms with van der Waals surface area (Å²) in [5.74, 6) is 0. The molecule has 98 valence electrons. The van der Waals surface area contributed by atoms with Crippen molar-refractivity contribution in [2.75, 3.05) is 19.6 Å². The lowest BCUT2D eigenvalue weighted by Gasteiger charge is -2.29. The highest BCUT2D eigenvalue weighted by molar-refractivity contribution is 5.17. The third-order valence-corrected chi connectivity index (χ3v) is 2.61. The lowest BCUT2D eigenvalue weighted by Crippen LogP contribution is -2.36. The average Bonchev–Trinajstić information content (AvgIpc) is 2.28. The molecule has 0 heterocycles. The largest absolute Gasteiger partial charge is 0.387 e. The van der Waals surface area contributed by atoms with Crippen LogP contribution in [-0.2, 0) is 0 Å². The molecule has 0 amide bonds. The minimum absolute atomic E-state index is 0.118. The Morgan fingerprint density at radius 2 is 1.89 bits per heavy atom. The van der Waals surface area contributed by atoms with Crippen LogP contribution >= 0.6 is 0 Å². The van der Waals surface area contributed by atoms with Crippen molar-refractivity contribution in [1.29, 1.82) is 5.26 Å². The molecular weight excluding hydrogens is 224 g/mol. The van der Waals surface area contributed by atoms with Crippen molar-refractivity contribution >= 4 is 0 Å². The summed E-state index contributed by atoms with van der Waals surface area (Å²) in [6.45, 7) is 8.03. The molecule has 0 saturated carbocycles. The zero-order valence-electron chi connectivity index (χ0n) is 11.4. The lowest BCUT2D eigenvalue weighted by molar-refractivity contribution is 0.100. The van der Waals surface area contributed by atoms with E-state index in [-0.39, 0.29) is 5.41 Å². The number of aliphatic hydroxyl groups is 1. The molecule has 0 aliphatic heterocycles. The van der Waals surface area contributed by atoms with Gasteiger partial charge in [-0.25, -0.2) is 0 Å². The highest BCUT2D eigenvalue weighted by Crippen LogP contribution is 2.18. The molecule has 0 aromatic heterocycles. The maximum atomic E-state index is 10.2. The Kier molecular flexibility index (Phi) is 5.33. The number of rotatable bonds is 5. The molecule has 0 spiro atoms. The fourth-order valence-electron chi connectivity index (χ4n) is 1.98. The van der Waals surface area contributed by atoms with Gasteiger partial charge in [0, 0.05) is 13.1 Å². The van der Waals surface area contributed by atoms with Gasteiger partial charge in [-0.1, -0.05) is 51.1 Å². The summed E-state index contributed by atoms with van der Waals surface area (Å²) in [4.78, 5) is 2.00. The van der Waals surface area contributed by atoms with Gasteiger partial charge >= 0.3 is 0 Å². The topological polar surface area (TPSA) is 47.3 Å². The standard InChI is InChI=1S/C15H22N2O/c1-15(2,3)12-17(10-9-16)11-14(18)13-7-5-4-6-8-13/h4-8,14,18H,10-12H2,1-3H3. The summed E-state index contributed by atoms with van der Waals surface area (Å²) in [5, 5.41) is 19.0. The van der Waals surface area contributed by atoms with E-state index in [0.29, 0.717) is 13.1 Å². The number of benzene rings is 1. The quantitative estimate of drug-likeness (QED) is 0.812. The molecule has 1 aromatic rings. The molecule has 1 atom stereocenters. The maximum Gasteiger partial charge on any atom is 0.0917 e. The minimum Gasteiger partial charge on any atom is -0.387 e. The third kappa shape index (κ3) is 5.31. The van der Waals surface area contributed by atoms with E-state index in [0.717, 1.165) is 12.1 Å². The molecule has 0 radical (unpaired) electrons. The fraction of sp³-hybridized carbons (Fsp3) is 0.533. The number of hydrogen-bond acceptors (Lipinski definition) is 3. The van der Waals surface area contributed by atoms with E-state index in [9.17, 15) is 5.11 Å². The highest BCUT2D eigenvalue weighted by atomic mass is 16.3. The predicted molar refractivity (Wildman–Crippen MR) is 72.9 cm³/mol. The second kappa shape index (κ2) is 6.53. The molecule has 1 N–H and O–H groups in total. The first-order chi connectivity index (χ1) is 8.42. The SMILES string of the molecule is CC(C)(C)CN(CC#N)CC(O)c1ccccc1. The van der Waals surface area contributed by atoms with Gasteiger partial charge in [0.05, 0.1) is 18.7 Å². The molecule has 3 heteroatoms. The summed E-state index contributed by atoms with van der Waals surface area (Å²) in [7, 11) is 0. The van der Waals surface area contributed by atoms with Crippen LogP contribution in [0.2, 0.25) is 0 Å². The molecule has 18 heavy (non-hydrogen) atoms. The molecule has 0 bridgehead atoms. The van der Waals surface area contributed by atoms with Gasteiger partial charge in [0.25, 0.3) is 0 Å². The van der Waals surface area contributed by atoms with Crippen LogP contribution in [0.3, 0.4) is 0 Å². The normalized spacial score (nSPS) is 13.3. The molecule has 0 saturated heterocycles. The van der Waals surface area contributed by atoms with Gasteiger partial charge in [-0.15, -0.1) is 0 Å². The van der Waals surface area contributed by atoms with Crippen LogP contribution in [-0.4, -0.2) is 29.6 Å². The van der Waals surface area contributed by atoms with Crippen molar-refractivity contribution < 1.29 is 5.11 Å². The van der Waals surface area contributed by atoms with Crippen LogP contribution in [0, 0.1) is 16.7 Å². The molecular formula is C15H22N2O. The Morgan fingerprint density at radius 1 is 1.28 bits per heavy atom. The Hall–Kier alpha value is -1.37. The monoisotopic (exact) mass is 246 g/mol.